The molecular formula is C23H30N4O. The molecule has 0 bridgehead atoms. The fourth-order valence-corrected chi connectivity index (χ4v) is 4.64. The van der Waals surface area contributed by atoms with Gasteiger partial charge >= 0.3 is 0 Å². The number of nitrogens with zero attached hydrogens (tertiary/aromatic N) is 3. The zero-order valence-corrected chi connectivity index (χ0v) is 16.9. The Hall–Kier alpha value is -2.56. The van der Waals surface area contributed by atoms with Gasteiger partial charge in [0, 0.05) is 30.5 Å². The van der Waals surface area contributed by atoms with Crippen LogP contribution in [-0.2, 0) is 6.54 Å². The van der Waals surface area contributed by atoms with E-state index in [-0.39, 0.29) is 5.91 Å². The van der Waals surface area contributed by atoms with E-state index in [0.717, 1.165) is 35.3 Å². The molecular weight excluding hydrogens is 348 g/mol. The number of carbonyl (C=O) groups excluding carboxylic acids is 1. The Labute approximate surface area is 166 Å². The maximum atomic E-state index is 12.7. The Morgan fingerprint density at radius 2 is 1.96 bits per heavy atom. The van der Waals surface area contributed by atoms with Crippen molar-refractivity contribution in [3.8, 4) is 0 Å². The summed E-state index contributed by atoms with van der Waals surface area (Å²) in [5, 5.41) is 3.11. The van der Waals surface area contributed by atoms with Crippen molar-refractivity contribution in [3.63, 3.8) is 0 Å². The largest absolute Gasteiger partial charge is 0.352 e. The van der Waals surface area contributed by atoms with Crippen molar-refractivity contribution in [2.24, 2.45) is 0 Å². The minimum atomic E-state index is 0.0469. The fourth-order valence-electron chi connectivity index (χ4n) is 4.64. The van der Waals surface area contributed by atoms with Gasteiger partial charge in [0.05, 0.1) is 22.9 Å². The van der Waals surface area contributed by atoms with Crippen LogP contribution < -0.4 is 5.32 Å². The highest BCUT2D eigenvalue weighted by molar-refractivity contribution is 5.95. The lowest BCUT2D eigenvalue weighted by Gasteiger charge is -2.26. The molecule has 0 unspecified atom stereocenters. The average Bonchev–Trinajstić information content (AvgIpc) is 3.26. The summed E-state index contributed by atoms with van der Waals surface area (Å²) in [6.45, 7) is 5.73. The number of rotatable bonds is 6. The zero-order valence-electron chi connectivity index (χ0n) is 16.9. The lowest BCUT2D eigenvalue weighted by atomic mass is 9.95. The van der Waals surface area contributed by atoms with Crippen LogP contribution in [0, 0.1) is 13.8 Å². The second-order valence-corrected chi connectivity index (χ2v) is 7.98. The predicted octanol–water partition coefficient (Wildman–Crippen LogP) is 4.78. The Morgan fingerprint density at radius 1 is 1.18 bits per heavy atom. The second-order valence-electron chi connectivity index (χ2n) is 7.98. The van der Waals surface area contributed by atoms with Gasteiger partial charge in [-0.1, -0.05) is 31.4 Å². The number of nitrogens with one attached hydrogen (secondary N) is 1. The predicted molar refractivity (Wildman–Crippen MR) is 113 cm³/mol. The van der Waals surface area contributed by atoms with Crippen molar-refractivity contribution >= 4 is 16.9 Å². The van der Waals surface area contributed by atoms with Gasteiger partial charge in [-0.3, -0.25) is 4.79 Å². The first-order chi connectivity index (χ1) is 13.6. The topological polar surface area (TPSA) is 51.9 Å². The zero-order chi connectivity index (χ0) is 19.5. The highest BCUT2D eigenvalue weighted by atomic mass is 16.1. The van der Waals surface area contributed by atoms with Crippen LogP contribution in [0.15, 0.2) is 36.7 Å². The van der Waals surface area contributed by atoms with E-state index in [0.29, 0.717) is 12.6 Å². The number of carbonyl (C=O) groups is 1. The molecule has 0 radical (unpaired) electrons. The second kappa shape index (κ2) is 8.21. The van der Waals surface area contributed by atoms with Gasteiger partial charge < -0.3 is 14.5 Å². The van der Waals surface area contributed by atoms with Gasteiger partial charge in [0.1, 0.15) is 0 Å². The van der Waals surface area contributed by atoms with Crippen molar-refractivity contribution < 1.29 is 4.79 Å². The summed E-state index contributed by atoms with van der Waals surface area (Å²) in [5.41, 5.74) is 5.31. The van der Waals surface area contributed by atoms with Crippen molar-refractivity contribution in [2.45, 2.75) is 65.0 Å². The van der Waals surface area contributed by atoms with E-state index in [9.17, 15) is 4.79 Å². The molecule has 5 nitrogen and oxygen atoms in total. The maximum Gasteiger partial charge on any atom is 0.253 e. The summed E-state index contributed by atoms with van der Waals surface area (Å²) in [5.74, 6) is 0.0469. The molecule has 28 heavy (non-hydrogen) atoms. The summed E-state index contributed by atoms with van der Waals surface area (Å²) in [7, 11) is 0. The summed E-state index contributed by atoms with van der Waals surface area (Å²) < 4.78 is 4.54. The third-order valence-electron chi connectivity index (χ3n) is 6.06. The van der Waals surface area contributed by atoms with Gasteiger partial charge in [-0.25, -0.2) is 4.98 Å². The number of imidazole rings is 1. The monoisotopic (exact) mass is 378 g/mol. The molecule has 1 aliphatic carbocycles. The van der Waals surface area contributed by atoms with Crippen molar-refractivity contribution in [1.29, 1.82) is 0 Å². The molecule has 148 valence electrons. The maximum absolute atomic E-state index is 12.7. The number of benzene rings is 1. The molecule has 3 aromatic rings. The molecule has 5 heteroatoms. The Morgan fingerprint density at radius 3 is 2.79 bits per heavy atom. The number of amides is 1. The summed E-state index contributed by atoms with van der Waals surface area (Å²) in [6.07, 6.45) is 9.16. The number of aryl methyl sites for hydroxylation is 2. The smallest absolute Gasteiger partial charge is 0.253 e. The van der Waals surface area contributed by atoms with Crippen LogP contribution in [0.2, 0.25) is 0 Å². The highest BCUT2D eigenvalue weighted by Gasteiger charge is 2.22. The molecule has 2 heterocycles. The van der Waals surface area contributed by atoms with E-state index in [2.05, 4.69) is 45.4 Å². The van der Waals surface area contributed by atoms with Crippen LogP contribution in [0.5, 0.6) is 0 Å². The number of hydrogen-bond acceptors (Lipinski definition) is 2. The Kier molecular flexibility index (Phi) is 5.51. The van der Waals surface area contributed by atoms with Crippen LogP contribution in [0.25, 0.3) is 11.0 Å². The van der Waals surface area contributed by atoms with E-state index in [1.807, 2.05) is 24.5 Å². The number of aromatic nitrogens is 3. The van der Waals surface area contributed by atoms with Crippen LogP contribution in [0.4, 0.5) is 0 Å². The number of hydrogen-bond donors (Lipinski definition) is 1. The third-order valence-corrected chi connectivity index (χ3v) is 6.06. The first-order valence-electron chi connectivity index (χ1n) is 10.5. The summed E-state index contributed by atoms with van der Waals surface area (Å²) >= 11 is 0. The molecule has 0 spiro atoms. The van der Waals surface area contributed by atoms with E-state index in [4.69, 9.17) is 0 Å². The fraction of sp³-hybridized carbons (Fsp3) is 0.478. The lowest BCUT2D eigenvalue weighted by molar-refractivity contribution is 0.0952. The molecule has 1 fully saturated rings. The van der Waals surface area contributed by atoms with Crippen LogP contribution >= 0.6 is 0 Å². The Bertz CT molecular complexity index is 962. The van der Waals surface area contributed by atoms with Gasteiger partial charge in [-0.15, -0.1) is 0 Å². The molecule has 1 saturated carbocycles. The molecule has 1 amide bonds. The number of para-hydroxylation sites is 2. The summed E-state index contributed by atoms with van der Waals surface area (Å²) in [6, 6.07) is 10.8. The van der Waals surface area contributed by atoms with Crippen LogP contribution in [0.3, 0.4) is 0 Å². The molecule has 1 N–H and O–H groups in total. The van der Waals surface area contributed by atoms with Gasteiger partial charge in [-0.05, 0) is 51.3 Å². The SMILES string of the molecule is Cc1cc(C(=O)NCCCn2cnc3ccccc32)c(C)n1C1CCCCC1. The van der Waals surface area contributed by atoms with Crippen molar-refractivity contribution in [2.75, 3.05) is 6.54 Å². The van der Waals surface area contributed by atoms with Gasteiger partial charge in [0.25, 0.3) is 5.91 Å². The van der Waals surface area contributed by atoms with Gasteiger partial charge in [0.2, 0.25) is 0 Å². The molecule has 0 saturated heterocycles. The quantitative estimate of drug-likeness (QED) is 0.628. The third kappa shape index (κ3) is 3.71. The molecule has 0 atom stereocenters. The van der Waals surface area contributed by atoms with E-state index < -0.39 is 0 Å². The lowest BCUT2D eigenvalue weighted by Crippen LogP contribution is -2.26. The molecule has 1 aliphatic rings. The molecule has 1 aromatic carbocycles. The van der Waals surface area contributed by atoms with E-state index in [1.165, 1.54) is 37.8 Å². The minimum absolute atomic E-state index is 0.0469. The minimum Gasteiger partial charge on any atom is -0.352 e. The van der Waals surface area contributed by atoms with Gasteiger partial charge in [-0.2, -0.15) is 0 Å². The van der Waals surface area contributed by atoms with Crippen molar-refractivity contribution in [3.05, 3.63) is 53.6 Å². The molecule has 4 rings (SSSR count). The number of fused-ring (bicyclic) bond motifs is 1. The highest BCUT2D eigenvalue weighted by Crippen LogP contribution is 2.32. The standard InChI is InChI=1S/C23H30N4O/c1-17-15-20(18(2)27(17)19-9-4-3-5-10-19)23(28)24-13-8-14-26-16-25-21-11-6-7-12-22(21)26/h6-7,11-12,15-16,19H,3-5,8-10,13-14H2,1-2H3,(H,24,28). The summed E-state index contributed by atoms with van der Waals surface area (Å²) in [4.78, 5) is 17.2. The molecule has 2 aromatic heterocycles. The Balaban J connectivity index is 1.35. The van der Waals surface area contributed by atoms with Gasteiger partial charge in [0.15, 0.2) is 0 Å². The first-order valence-corrected chi connectivity index (χ1v) is 10.5. The molecule has 0 aliphatic heterocycles. The normalized spacial score (nSPS) is 15.2. The van der Waals surface area contributed by atoms with Crippen molar-refractivity contribution in [1.82, 2.24) is 19.4 Å². The van der Waals surface area contributed by atoms with Crippen LogP contribution in [0.1, 0.15) is 66.3 Å². The first kappa shape index (κ1) is 18.8. The van der Waals surface area contributed by atoms with E-state index in [1.54, 1.807) is 0 Å². The van der Waals surface area contributed by atoms with E-state index >= 15 is 0 Å². The van der Waals surface area contributed by atoms with Crippen LogP contribution in [-0.4, -0.2) is 26.6 Å². The average molecular weight is 379 g/mol.